The van der Waals surface area contributed by atoms with Crippen LogP contribution in [0.3, 0.4) is 0 Å². The molecule has 5 aliphatic rings. The molecule has 4 fully saturated rings. The number of rotatable bonds is 11. The normalized spacial score (nSPS) is 29.2. The van der Waals surface area contributed by atoms with Crippen LogP contribution in [-0.4, -0.2) is 84.6 Å². The highest BCUT2D eigenvalue weighted by atomic mass is 16.5. The van der Waals surface area contributed by atoms with Crippen molar-refractivity contribution in [2.45, 2.75) is 81.6 Å². The monoisotopic (exact) mass is 640 g/mol. The summed E-state index contributed by atoms with van der Waals surface area (Å²) in [5.41, 5.74) is 0.887. The fourth-order valence-corrected chi connectivity index (χ4v) is 8.76. The number of amides is 3. The van der Waals surface area contributed by atoms with Crippen molar-refractivity contribution in [1.82, 2.24) is 15.1 Å². The van der Waals surface area contributed by atoms with Crippen molar-refractivity contribution in [2.24, 2.45) is 17.8 Å². The topological polar surface area (TPSA) is 100 Å². The summed E-state index contributed by atoms with van der Waals surface area (Å²) in [7, 11) is 1.60. The van der Waals surface area contributed by atoms with E-state index in [0.717, 1.165) is 58.2 Å². The van der Waals surface area contributed by atoms with Gasteiger partial charge in [-0.15, -0.1) is 0 Å². The fourth-order valence-electron chi connectivity index (χ4n) is 8.76. The molecule has 1 aliphatic carbocycles. The Hall–Kier alpha value is -3.69. The van der Waals surface area contributed by atoms with Gasteiger partial charge in [0.2, 0.25) is 17.7 Å². The van der Waals surface area contributed by atoms with E-state index >= 15 is 0 Å². The van der Waals surface area contributed by atoms with Crippen LogP contribution >= 0.6 is 0 Å². The van der Waals surface area contributed by atoms with Gasteiger partial charge >= 0.3 is 0 Å². The van der Waals surface area contributed by atoms with Gasteiger partial charge in [-0.1, -0.05) is 61.7 Å². The average Bonchev–Trinajstić information content (AvgIpc) is 3.74. The Labute approximate surface area is 278 Å². The van der Waals surface area contributed by atoms with Gasteiger partial charge in [0.05, 0.1) is 25.0 Å². The Kier molecular flexibility index (Phi) is 9.37. The van der Waals surface area contributed by atoms with Crippen molar-refractivity contribution in [2.75, 3.05) is 38.6 Å². The third-order valence-electron chi connectivity index (χ3n) is 11.2. The molecule has 5 atom stereocenters. The molecule has 2 bridgehead atoms. The summed E-state index contributed by atoms with van der Waals surface area (Å²) >= 11 is 0. The third-order valence-corrected chi connectivity index (χ3v) is 11.2. The molecular weight excluding hydrogens is 592 g/mol. The van der Waals surface area contributed by atoms with E-state index in [1.54, 1.807) is 36.3 Å². The van der Waals surface area contributed by atoms with Crippen LogP contribution in [0.25, 0.3) is 0 Å². The second-order valence-electron chi connectivity index (χ2n) is 14.1. The zero-order valence-corrected chi connectivity index (χ0v) is 27.4. The Morgan fingerprint density at radius 1 is 0.936 bits per heavy atom. The van der Waals surface area contributed by atoms with Gasteiger partial charge in [0, 0.05) is 18.3 Å². The highest BCUT2D eigenvalue weighted by molar-refractivity contribution is 6.02. The summed E-state index contributed by atoms with van der Waals surface area (Å²) < 4.78 is 11.8. The van der Waals surface area contributed by atoms with E-state index in [-0.39, 0.29) is 23.8 Å². The molecule has 2 aromatic carbocycles. The van der Waals surface area contributed by atoms with Crippen LogP contribution < -0.4 is 15.4 Å². The summed E-state index contributed by atoms with van der Waals surface area (Å²) in [6.45, 7) is 3.42. The van der Waals surface area contributed by atoms with Gasteiger partial charge < -0.3 is 29.9 Å². The summed E-state index contributed by atoms with van der Waals surface area (Å²) in [6.07, 6.45) is 12.7. The van der Waals surface area contributed by atoms with Crippen LogP contribution in [-0.2, 0) is 25.5 Å². The first-order valence-electron chi connectivity index (χ1n) is 17.6. The number of likely N-dealkylation sites (tertiary alicyclic amines) is 2. The minimum Gasteiger partial charge on any atom is -0.497 e. The highest BCUT2D eigenvalue weighted by Crippen LogP contribution is 2.55. The van der Waals surface area contributed by atoms with E-state index in [2.05, 4.69) is 45.9 Å². The Morgan fingerprint density at radius 2 is 1.68 bits per heavy atom. The van der Waals surface area contributed by atoms with Gasteiger partial charge in [-0.25, -0.2) is 0 Å². The van der Waals surface area contributed by atoms with Crippen LogP contribution in [0.1, 0.15) is 56.9 Å². The van der Waals surface area contributed by atoms with Gasteiger partial charge in [-0.05, 0) is 93.9 Å². The van der Waals surface area contributed by atoms with Gasteiger partial charge in [-0.3, -0.25) is 14.4 Å². The molecule has 1 spiro atoms. The molecule has 4 heterocycles. The van der Waals surface area contributed by atoms with Crippen LogP contribution in [0.4, 0.5) is 5.69 Å². The molecule has 3 amide bonds. The second kappa shape index (κ2) is 13.8. The Morgan fingerprint density at radius 3 is 2.40 bits per heavy atom. The van der Waals surface area contributed by atoms with Gasteiger partial charge in [0.25, 0.3) is 0 Å². The number of nitrogens with zero attached hydrogens (tertiary/aromatic N) is 2. The molecule has 9 heteroatoms. The zero-order valence-electron chi connectivity index (χ0n) is 27.4. The van der Waals surface area contributed by atoms with Crippen molar-refractivity contribution in [3.05, 3.63) is 72.3 Å². The zero-order chi connectivity index (χ0) is 32.4. The molecule has 5 unspecified atom stereocenters. The average molecular weight is 641 g/mol. The highest BCUT2D eigenvalue weighted by Gasteiger charge is 2.72. The predicted octanol–water partition coefficient (Wildman–Crippen LogP) is 4.58. The lowest BCUT2D eigenvalue weighted by molar-refractivity contribution is -0.141. The SMILES string of the molecule is COc1ccc(NC(=O)C2C3C=CC4(O3)C2C(=O)N(CCCN2CCC(Cc3ccccc3)CC2)C4C(=O)NC2CCCCC2)cc1. The molecule has 250 valence electrons. The molecule has 0 aromatic heterocycles. The number of hydrogen-bond acceptors (Lipinski definition) is 6. The largest absolute Gasteiger partial charge is 0.497 e. The quantitative estimate of drug-likeness (QED) is 0.349. The van der Waals surface area contributed by atoms with Gasteiger partial charge in [0.1, 0.15) is 17.4 Å². The maximum absolute atomic E-state index is 14.4. The van der Waals surface area contributed by atoms with Gasteiger partial charge in [-0.2, -0.15) is 0 Å². The minimum atomic E-state index is -1.14. The van der Waals surface area contributed by atoms with Crippen LogP contribution in [0, 0.1) is 17.8 Å². The summed E-state index contributed by atoms with van der Waals surface area (Å²) in [5.74, 6) is -0.650. The van der Waals surface area contributed by atoms with Crippen LogP contribution in [0.5, 0.6) is 5.75 Å². The van der Waals surface area contributed by atoms with Crippen molar-refractivity contribution in [3.63, 3.8) is 0 Å². The number of benzene rings is 2. The third kappa shape index (κ3) is 6.44. The van der Waals surface area contributed by atoms with Crippen LogP contribution in [0.15, 0.2) is 66.7 Å². The number of ether oxygens (including phenoxy) is 2. The van der Waals surface area contributed by atoms with E-state index in [1.807, 2.05) is 12.2 Å². The van der Waals surface area contributed by atoms with E-state index < -0.39 is 29.6 Å². The summed E-state index contributed by atoms with van der Waals surface area (Å²) in [6, 6.07) is 17.2. The first kappa shape index (κ1) is 31.9. The maximum atomic E-state index is 14.4. The first-order chi connectivity index (χ1) is 22.9. The molecule has 0 radical (unpaired) electrons. The number of carbonyl (C=O) groups is 3. The summed E-state index contributed by atoms with van der Waals surface area (Å²) in [5, 5.41) is 6.28. The van der Waals surface area contributed by atoms with Crippen molar-refractivity contribution in [1.29, 1.82) is 0 Å². The van der Waals surface area contributed by atoms with E-state index in [4.69, 9.17) is 9.47 Å². The Balaban J connectivity index is 1.03. The molecule has 47 heavy (non-hydrogen) atoms. The lowest BCUT2D eigenvalue weighted by atomic mass is 9.74. The molecule has 4 aliphatic heterocycles. The molecule has 1 saturated carbocycles. The van der Waals surface area contributed by atoms with E-state index in [9.17, 15) is 14.4 Å². The predicted molar refractivity (Wildman–Crippen MR) is 180 cm³/mol. The smallest absolute Gasteiger partial charge is 0.246 e. The maximum Gasteiger partial charge on any atom is 0.246 e. The Bertz CT molecular complexity index is 1450. The summed E-state index contributed by atoms with van der Waals surface area (Å²) in [4.78, 5) is 46.5. The van der Waals surface area contributed by atoms with Crippen molar-refractivity contribution >= 4 is 23.4 Å². The van der Waals surface area contributed by atoms with E-state index in [0.29, 0.717) is 23.9 Å². The standard InChI is InChI=1S/C38H48N4O5/c1-46-30-15-13-29(14-16-30)39-35(43)32-31-17-20-38(47-31)33(32)37(45)42(34(38)36(44)40-28-11-6-3-7-12-28)22-8-21-41-23-18-27(19-24-41)25-26-9-4-2-5-10-26/h2,4-5,9-10,13-17,20,27-28,31-34H,3,6-8,11-12,18-19,21-25H2,1H3,(H,39,43)(H,40,44). The van der Waals surface area contributed by atoms with Crippen LogP contribution in [0.2, 0.25) is 0 Å². The number of nitrogens with one attached hydrogen (secondary N) is 2. The van der Waals surface area contributed by atoms with Crippen molar-refractivity contribution < 1.29 is 23.9 Å². The molecule has 2 N–H and O–H groups in total. The molecular formula is C38H48N4O5. The molecule has 3 saturated heterocycles. The number of anilines is 1. The number of fused-ring (bicyclic) bond motifs is 1. The molecule has 9 nitrogen and oxygen atoms in total. The number of piperidine rings is 1. The number of methoxy groups -OCH3 is 1. The lowest BCUT2D eigenvalue weighted by Crippen LogP contribution is -2.56. The second-order valence-corrected chi connectivity index (χ2v) is 14.1. The number of hydrogen-bond donors (Lipinski definition) is 2. The first-order valence-corrected chi connectivity index (χ1v) is 17.6. The van der Waals surface area contributed by atoms with Crippen molar-refractivity contribution in [3.8, 4) is 5.75 Å². The minimum absolute atomic E-state index is 0.109. The number of carbonyl (C=O) groups excluding carboxylic acids is 3. The fraction of sp³-hybridized carbons (Fsp3) is 0.553. The molecule has 7 rings (SSSR count). The lowest BCUT2D eigenvalue weighted by Gasteiger charge is -2.35. The molecule has 2 aromatic rings. The van der Waals surface area contributed by atoms with Gasteiger partial charge in [0.15, 0.2) is 0 Å². The van der Waals surface area contributed by atoms with E-state index in [1.165, 1.54) is 24.8 Å².